The number of phenols is 1. The van der Waals surface area contributed by atoms with Crippen molar-refractivity contribution in [2.45, 2.75) is 25.8 Å². The van der Waals surface area contributed by atoms with Gasteiger partial charge in [0, 0.05) is 11.5 Å². The molecule has 17 heavy (non-hydrogen) atoms. The third-order valence-electron chi connectivity index (χ3n) is 2.49. The maximum Gasteiger partial charge on any atom is 0.138 e. The number of nitrogens with two attached hydrogens (primary N) is 1. The van der Waals surface area contributed by atoms with E-state index >= 15 is 0 Å². The third kappa shape index (κ3) is 2.45. The van der Waals surface area contributed by atoms with Crippen molar-refractivity contribution in [3.05, 3.63) is 39.8 Å². The van der Waals surface area contributed by atoms with Gasteiger partial charge in [0.15, 0.2) is 0 Å². The highest BCUT2D eigenvalue weighted by molar-refractivity contribution is 7.11. The monoisotopic (exact) mass is 249 g/mol. The Morgan fingerprint density at radius 1 is 1.18 bits per heavy atom. The highest BCUT2D eigenvalue weighted by atomic mass is 32.1. The van der Waals surface area contributed by atoms with Gasteiger partial charge in [-0.1, -0.05) is 43.4 Å². The quantitative estimate of drug-likeness (QED) is 0.876. The predicted octanol–water partition coefficient (Wildman–Crippen LogP) is 2.42. The molecule has 0 aliphatic heterocycles. The van der Waals surface area contributed by atoms with Crippen molar-refractivity contribution in [2.75, 3.05) is 0 Å². The lowest BCUT2D eigenvalue weighted by molar-refractivity contribution is 0.465. The normalized spacial score (nSPS) is 12.9. The topological polar surface area (TPSA) is 72.0 Å². The minimum absolute atomic E-state index is 0.196. The molecule has 0 aliphatic carbocycles. The Bertz CT molecular complexity index is 510. The van der Waals surface area contributed by atoms with E-state index in [2.05, 4.69) is 24.0 Å². The number of rotatable bonds is 3. The van der Waals surface area contributed by atoms with Gasteiger partial charge in [-0.3, -0.25) is 0 Å². The summed E-state index contributed by atoms with van der Waals surface area (Å²) < 4.78 is 0. The van der Waals surface area contributed by atoms with E-state index < -0.39 is 6.04 Å². The SMILES string of the molecule is CC(C)c1nnc(C(N)c2ccccc2O)s1. The van der Waals surface area contributed by atoms with Gasteiger partial charge in [0.05, 0.1) is 6.04 Å². The minimum Gasteiger partial charge on any atom is -0.508 e. The zero-order chi connectivity index (χ0) is 12.4. The Labute approximate surface area is 104 Å². The zero-order valence-electron chi connectivity index (χ0n) is 9.79. The molecule has 0 amide bonds. The first-order valence-electron chi connectivity index (χ1n) is 5.46. The third-order valence-corrected chi connectivity index (χ3v) is 3.79. The molecule has 0 bridgehead atoms. The van der Waals surface area contributed by atoms with E-state index in [1.54, 1.807) is 18.2 Å². The van der Waals surface area contributed by atoms with E-state index in [0.717, 1.165) is 10.0 Å². The highest BCUT2D eigenvalue weighted by Gasteiger charge is 2.18. The molecule has 1 unspecified atom stereocenters. The molecule has 0 fully saturated rings. The number of aromatic nitrogens is 2. The Kier molecular flexibility index (Phi) is 3.40. The molecule has 90 valence electrons. The summed E-state index contributed by atoms with van der Waals surface area (Å²) in [6, 6.07) is 6.63. The number of nitrogens with zero attached hydrogens (tertiary/aromatic N) is 2. The Morgan fingerprint density at radius 2 is 1.82 bits per heavy atom. The van der Waals surface area contributed by atoms with Crippen molar-refractivity contribution >= 4 is 11.3 Å². The fourth-order valence-corrected chi connectivity index (χ4v) is 2.36. The second-order valence-corrected chi connectivity index (χ2v) is 5.21. The first kappa shape index (κ1) is 12.0. The molecule has 0 aliphatic rings. The molecule has 1 aromatic carbocycles. The molecule has 4 nitrogen and oxygen atoms in total. The molecule has 1 atom stereocenters. The maximum atomic E-state index is 9.73. The summed E-state index contributed by atoms with van der Waals surface area (Å²) in [7, 11) is 0. The molecule has 2 rings (SSSR count). The van der Waals surface area contributed by atoms with Crippen LogP contribution in [-0.2, 0) is 0 Å². The van der Waals surface area contributed by atoms with Crippen molar-refractivity contribution < 1.29 is 5.11 Å². The maximum absolute atomic E-state index is 9.73. The van der Waals surface area contributed by atoms with Crippen molar-refractivity contribution in [2.24, 2.45) is 5.73 Å². The van der Waals surface area contributed by atoms with Gasteiger partial charge in [0.25, 0.3) is 0 Å². The summed E-state index contributed by atoms with van der Waals surface area (Å²) in [6.45, 7) is 4.13. The Balaban J connectivity index is 2.31. The average Bonchev–Trinajstić information content (AvgIpc) is 2.78. The van der Waals surface area contributed by atoms with Crippen LogP contribution in [0.25, 0.3) is 0 Å². The molecule has 3 N–H and O–H groups in total. The van der Waals surface area contributed by atoms with E-state index in [1.807, 2.05) is 6.07 Å². The summed E-state index contributed by atoms with van der Waals surface area (Å²) in [6.07, 6.45) is 0. The van der Waals surface area contributed by atoms with Gasteiger partial charge in [0.1, 0.15) is 15.8 Å². The van der Waals surface area contributed by atoms with E-state index in [-0.39, 0.29) is 5.75 Å². The van der Waals surface area contributed by atoms with Crippen LogP contribution >= 0.6 is 11.3 Å². The predicted molar refractivity (Wildman–Crippen MR) is 68.1 cm³/mol. The molecular formula is C12H15N3OS. The Hall–Kier alpha value is -1.46. The van der Waals surface area contributed by atoms with Gasteiger partial charge >= 0.3 is 0 Å². The van der Waals surface area contributed by atoms with Crippen molar-refractivity contribution in [3.8, 4) is 5.75 Å². The molecule has 0 saturated carbocycles. The van der Waals surface area contributed by atoms with Crippen molar-refractivity contribution in [1.29, 1.82) is 0 Å². The number of hydrogen-bond acceptors (Lipinski definition) is 5. The first-order valence-corrected chi connectivity index (χ1v) is 6.28. The highest BCUT2D eigenvalue weighted by Crippen LogP contribution is 2.30. The largest absolute Gasteiger partial charge is 0.508 e. The lowest BCUT2D eigenvalue weighted by Crippen LogP contribution is -2.11. The molecule has 1 aromatic heterocycles. The van der Waals surface area contributed by atoms with Gasteiger partial charge in [0.2, 0.25) is 0 Å². The lowest BCUT2D eigenvalue weighted by Gasteiger charge is -2.09. The summed E-state index contributed by atoms with van der Waals surface area (Å²) >= 11 is 1.49. The van der Waals surface area contributed by atoms with Crippen LogP contribution < -0.4 is 5.73 Å². The standard InChI is InChI=1S/C12H15N3OS/c1-7(2)11-14-15-12(17-11)10(13)8-5-3-4-6-9(8)16/h3-7,10,16H,13H2,1-2H3. The van der Waals surface area contributed by atoms with Crippen LogP contribution in [0.4, 0.5) is 0 Å². The van der Waals surface area contributed by atoms with Gasteiger partial charge in [-0.2, -0.15) is 0 Å². The van der Waals surface area contributed by atoms with Crippen LogP contribution in [0.5, 0.6) is 5.75 Å². The number of aromatic hydroxyl groups is 1. The molecule has 0 radical (unpaired) electrons. The fraction of sp³-hybridized carbons (Fsp3) is 0.333. The second kappa shape index (κ2) is 4.81. The van der Waals surface area contributed by atoms with Gasteiger partial charge in [-0.25, -0.2) is 0 Å². The van der Waals surface area contributed by atoms with E-state index in [0.29, 0.717) is 11.5 Å². The van der Waals surface area contributed by atoms with Crippen LogP contribution in [-0.4, -0.2) is 15.3 Å². The van der Waals surface area contributed by atoms with Gasteiger partial charge < -0.3 is 10.8 Å². The molecular weight excluding hydrogens is 234 g/mol. The van der Waals surface area contributed by atoms with Gasteiger partial charge in [-0.05, 0) is 6.07 Å². The lowest BCUT2D eigenvalue weighted by atomic mass is 10.1. The van der Waals surface area contributed by atoms with E-state index in [4.69, 9.17) is 5.73 Å². The van der Waals surface area contributed by atoms with E-state index in [9.17, 15) is 5.11 Å². The number of para-hydroxylation sites is 1. The van der Waals surface area contributed by atoms with Crippen LogP contribution in [0, 0.1) is 0 Å². The minimum atomic E-state index is -0.416. The second-order valence-electron chi connectivity index (χ2n) is 4.17. The molecule has 5 heteroatoms. The van der Waals surface area contributed by atoms with Crippen LogP contribution in [0.15, 0.2) is 24.3 Å². The van der Waals surface area contributed by atoms with Crippen molar-refractivity contribution in [3.63, 3.8) is 0 Å². The number of hydrogen-bond donors (Lipinski definition) is 2. The summed E-state index contributed by atoms with van der Waals surface area (Å²) in [5.41, 5.74) is 6.76. The number of benzene rings is 1. The first-order chi connectivity index (χ1) is 8.09. The summed E-state index contributed by atoms with van der Waals surface area (Å²) in [5, 5.41) is 19.6. The summed E-state index contributed by atoms with van der Waals surface area (Å²) in [5.74, 6) is 0.541. The smallest absolute Gasteiger partial charge is 0.138 e. The van der Waals surface area contributed by atoms with E-state index in [1.165, 1.54) is 11.3 Å². The molecule has 2 aromatic rings. The number of phenolic OH excluding ortho intramolecular Hbond substituents is 1. The van der Waals surface area contributed by atoms with Gasteiger partial charge in [-0.15, -0.1) is 10.2 Å². The molecule has 1 heterocycles. The fourth-order valence-electron chi connectivity index (χ4n) is 1.49. The average molecular weight is 249 g/mol. The zero-order valence-corrected chi connectivity index (χ0v) is 10.6. The van der Waals surface area contributed by atoms with Crippen LogP contribution in [0.2, 0.25) is 0 Å². The summed E-state index contributed by atoms with van der Waals surface area (Å²) in [4.78, 5) is 0. The molecule has 0 saturated heterocycles. The van der Waals surface area contributed by atoms with Crippen LogP contribution in [0.3, 0.4) is 0 Å². The van der Waals surface area contributed by atoms with Crippen LogP contribution in [0.1, 0.15) is 41.4 Å². The van der Waals surface area contributed by atoms with Crippen molar-refractivity contribution in [1.82, 2.24) is 10.2 Å². The molecule has 0 spiro atoms. The Morgan fingerprint density at radius 3 is 2.41 bits per heavy atom.